The second-order valence-electron chi connectivity index (χ2n) is 6.42. The molecule has 2 heterocycles. The summed E-state index contributed by atoms with van der Waals surface area (Å²) in [7, 11) is 0. The number of ether oxygens (including phenoxy) is 2. The minimum Gasteiger partial charge on any atom is -0.454 e. The van der Waals surface area contributed by atoms with E-state index in [-0.39, 0.29) is 24.0 Å². The largest absolute Gasteiger partial charge is 0.454 e. The number of fused-ring (bicyclic) bond motifs is 2. The van der Waals surface area contributed by atoms with Crippen LogP contribution in [0.5, 0.6) is 11.5 Å². The van der Waals surface area contributed by atoms with Crippen molar-refractivity contribution in [3.63, 3.8) is 0 Å². The van der Waals surface area contributed by atoms with E-state index in [2.05, 4.69) is 26.2 Å². The molecule has 1 aliphatic rings. The van der Waals surface area contributed by atoms with E-state index in [9.17, 15) is 9.59 Å². The summed E-state index contributed by atoms with van der Waals surface area (Å²) < 4.78 is 13.1. The Morgan fingerprint density at radius 1 is 1.24 bits per heavy atom. The third-order valence-electron chi connectivity index (χ3n) is 4.32. The Balaban J connectivity index is 1.52. The zero-order chi connectivity index (χ0) is 20.4. The Morgan fingerprint density at radius 3 is 2.90 bits per heavy atom. The number of amides is 1. The molecule has 7 nitrogen and oxygen atoms in total. The molecule has 0 atom stereocenters. The van der Waals surface area contributed by atoms with Crippen LogP contribution < -0.4 is 20.3 Å². The molecular formula is C20H18BrN3O4S. The monoisotopic (exact) mass is 475 g/mol. The Labute approximate surface area is 179 Å². The number of aromatic nitrogens is 2. The predicted molar refractivity (Wildman–Crippen MR) is 116 cm³/mol. The molecule has 1 aliphatic heterocycles. The molecule has 0 aliphatic carbocycles. The molecule has 9 heteroatoms. The number of carbonyl (C=O) groups excluding carboxylic acids is 1. The standard InChI is InChI=1S/C20H18BrN3O4S/c1-2-7-24-19(26)14-8-12(21)3-5-15(14)23-20(24)29-10-18(25)22-13-4-6-16-17(9-13)28-11-27-16/h3-6,8-9H,2,7,10-11H2,1H3,(H,22,25). The van der Waals surface area contributed by atoms with Crippen LogP contribution in [0.1, 0.15) is 13.3 Å². The van der Waals surface area contributed by atoms with Gasteiger partial charge in [0.15, 0.2) is 16.7 Å². The van der Waals surface area contributed by atoms with E-state index in [0.29, 0.717) is 39.8 Å². The molecule has 150 valence electrons. The number of hydrogen-bond acceptors (Lipinski definition) is 6. The molecule has 0 saturated heterocycles. The van der Waals surface area contributed by atoms with Crippen molar-refractivity contribution in [2.45, 2.75) is 25.0 Å². The van der Waals surface area contributed by atoms with Gasteiger partial charge in [-0.2, -0.15) is 0 Å². The fourth-order valence-electron chi connectivity index (χ4n) is 3.01. The van der Waals surface area contributed by atoms with Crippen LogP contribution in [0.2, 0.25) is 0 Å². The van der Waals surface area contributed by atoms with E-state index >= 15 is 0 Å². The first-order valence-corrected chi connectivity index (χ1v) is 10.9. The molecule has 1 aromatic heterocycles. The highest BCUT2D eigenvalue weighted by molar-refractivity contribution is 9.10. The van der Waals surface area contributed by atoms with Gasteiger partial charge in [0, 0.05) is 22.8 Å². The zero-order valence-corrected chi connectivity index (χ0v) is 18.0. The first kappa shape index (κ1) is 19.8. The van der Waals surface area contributed by atoms with Crippen molar-refractivity contribution in [1.82, 2.24) is 9.55 Å². The molecular weight excluding hydrogens is 458 g/mol. The van der Waals surface area contributed by atoms with Gasteiger partial charge in [-0.25, -0.2) is 4.98 Å². The molecule has 1 N–H and O–H groups in total. The number of anilines is 1. The maximum absolute atomic E-state index is 12.9. The van der Waals surface area contributed by atoms with E-state index < -0.39 is 0 Å². The van der Waals surface area contributed by atoms with Crippen molar-refractivity contribution in [2.24, 2.45) is 0 Å². The summed E-state index contributed by atoms with van der Waals surface area (Å²) >= 11 is 4.64. The number of halogens is 1. The summed E-state index contributed by atoms with van der Waals surface area (Å²) in [5.41, 5.74) is 1.14. The Kier molecular flexibility index (Phi) is 5.77. The topological polar surface area (TPSA) is 82.5 Å². The molecule has 0 unspecified atom stereocenters. The lowest BCUT2D eigenvalue weighted by atomic mass is 10.2. The number of carbonyl (C=O) groups is 1. The average Bonchev–Trinajstić information content (AvgIpc) is 3.17. The molecule has 0 radical (unpaired) electrons. The van der Waals surface area contributed by atoms with Gasteiger partial charge in [0.2, 0.25) is 12.7 Å². The SMILES string of the molecule is CCCn1c(SCC(=O)Nc2ccc3c(c2)OCO3)nc2ccc(Br)cc2c1=O. The summed E-state index contributed by atoms with van der Waals surface area (Å²) in [6.45, 7) is 2.72. The van der Waals surface area contributed by atoms with Crippen LogP contribution in [-0.2, 0) is 11.3 Å². The number of rotatable bonds is 6. The van der Waals surface area contributed by atoms with Gasteiger partial charge in [0.05, 0.1) is 16.7 Å². The van der Waals surface area contributed by atoms with E-state index in [1.807, 2.05) is 13.0 Å². The van der Waals surface area contributed by atoms with Crippen molar-refractivity contribution in [3.05, 3.63) is 51.2 Å². The molecule has 2 aromatic carbocycles. The van der Waals surface area contributed by atoms with Crippen molar-refractivity contribution in [1.29, 1.82) is 0 Å². The van der Waals surface area contributed by atoms with E-state index in [1.165, 1.54) is 11.8 Å². The van der Waals surface area contributed by atoms with Gasteiger partial charge in [-0.1, -0.05) is 34.6 Å². The maximum atomic E-state index is 12.9. The van der Waals surface area contributed by atoms with Crippen LogP contribution in [-0.4, -0.2) is 28.0 Å². The lowest BCUT2D eigenvalue weighted by Gasteiger charge is -2.12. The molecule has 1 amide bonds. The summed E-state index contributed by atoms with van der Waals surface area (Å²) in [6, 6.07) is 10.7. The van der Waals surface area contributed by atoms with Crippen molar-refractivity contribution < 1.29 is 14.3 Å². The van der Waals surface area contributed by atoms with E-state index in [0.717, 1.165) is 10.9 Å². The molecule has 0 bridgehead atoms. The first-order chi connectivity index (χ1) is 14.0. The number of benzene rings is 2. The smallest absolute Gasteiger partial charge is 0.262 e. The summed E-state index contributed by atoms with van der Waals surface area (Å²) in [5.74, 6) is 1.21. The summed E-state index contributed by atoms with van der Waals surface area (Å²) in [4.78, 5) is 29.9. The van der Waals surface area contributed by atoms with Crippen LogP contribution in [0, 0.1) is 0 Å². The Morgan fingerprint density at radius 2 is 2.07 bits per heavy atom. The third-order valence-corrected chi connectivity index (χ3v) is 5.79. The zero-order valence-electron chi connectivity index (χ0n) is 15.6. The Bertz CT molecular complexity index is 1150. The van der Waals surface area contributed by atoms with Gasteiger partial charge in [0.1, 0.15) is 0 Å². The van der Waals surface area contributed by atoms with Crippen molar-refractivity contribution in [3.8, 4) is 11.5 Å². The van der Waals surface area contributed by atoms with Gasteiger partial charge in [-0.05, 0) is 36.8 Å². The number of thioether (sulfide) groups is 1. The van der Waals surface area contributed by atoms with Gasteiger partial charge in [-0.15, -0.1) is 0 Å². The van der Waals surface area contributed by atoms with Crippen LogP contribution >= 0.6 is 27.7 Å². The normalized spacial score (nSPS) is 12.3. The molecule has 4 rings (SSSR count). The van der Waals surface area contributed by atoms with Crippen LogP contribution in [0.3, 0.4) is 0 Å². The quantitative estimate of drug-likeness (QED) is 0.428. The van der Waals surface area contributed by atoms with Gasteiger partial charge >= 0.3 is 0 Å². The average molecular weight is 476 g/mol. The van der Waals surface area contributed by atoms with Crippen molar-refractivity contribution >= 4 is 50.2 Å². The highest BCUT2D eigenvalue weighted by Gasteiger charge is 2.16. The third kappa shape index (κ3) is 4.25. The van der Waals surface area contributed by atoms with Crippen LogP contribution in [0.4, 0.5) is 5.69 Å². The number of nitrogens with zero attached hydrogens (tertiary/aromatic N) is 2. The van der Waals surface area contributed by atoms with Crippen LogP contribution in [0.15, 0.2) is 50.8 Å². The van der Waals surface area contributed by atoms with E-state index in [4.69, 9.17) is 9.47 Å². The van der Waals surface area contributed by atoms with Gasteiger partial charge in [-0.3, -0.25) is 14.2 Å². The summed E-state index contributed by atoms with van der Waals surface area (Å²) in [5, 5.41) is 3.93. The number of hydrogen-bond donors (Lipinski definition) is 1. The minimum atomic E-state index is -0.193. The van der Waals surface area contributed by atoms with E-state index in [1.54, 1.807) is 34.9 Å². The fourth-order valence-corrected chi connectivity index (χ4v) is 4.19. The fraction of sp³-hybridized carbons (Fsp3) is 0.250. The second-order valence-corrected chi connectivity index (χ2v) is 8.28. The molecule has 3 aromatic rings. The lowest BCUT2D eigenvalue weighted by Crippen LogP contribution is -2.24. The van der Waals surface area contributed by atoms with Crippen LogP contribution in [0.25, 0.3) is 10.9 Å². The van der Waals surface area contributed by atoms with Gasteiger partial charge < -0.3 is 14.8 Å². The highest BCUT2D eigenvalue weighted by Crippen LogP contribution is 2.34. The first-order valence-electron chi connectivity index (χ1n) is 9.07. The minimum absolute atomic E-state index is 0.100. The summed E-state index contributed by atoms with van der Waals surface area (Å²) in [6.07, 6.45) is 0.790. The highest BCUT2D eigenvalue weighted by atomic mass is 79.9. The lowest BCUT2D eigenvalue weighted by molar-refractivity contribution is -0.113. The Hall–Kier alpha value is -2.52. The number of nitrogens with one attached hydrogen (secondary N) is 1. The molecule has 0 fully saturated rings. The van der Waals surface area contributed by atoms with Gasteiger partial charge in [0.25, 0.3) is 5.56 Å². The maximum Gasteiger partial charge on any atom is 0.262 e. The molecule has 0 spiro atoms. The predicted octanol–water partition coefficient (Wildman–Crippen LogP) is 4.03. The van der Waals surface area contributed by atoms with Crippen molar-refractivity contribution in [2.75, 3.05) is 17.9 Å². The second kappa shape index (κ2) is 8.46. The molecule has 0 saturated carbocycles. The molecule has 29 heavy (non-hydrogen) atoms.